The van der Waals surface area contributed by atoms with E-state index in [-0.39, 0.29) is 12.0 Å². The summed E-state index contributed by atoms with van der Waals surface area (Å²) in [5.41, 5.74) is 0.171. The van der Waals surface area contributed by atoms with Gasteiger partial charge in [0.1, 0.15) is 11.9 Å². The van der Waals surface area contributed by atoms with Crippen LogP contribution in [0.1, 0.15) is 18.1 Å². The molecule has 0 saturated heterocycles. The number of aliphatic hydroxyl groups excluding tert-OH is 2. The SMILES string of the molecule is OC(CCBr)C(O)c1cccc(OC(F)(F)F)c1. The van der Waals surface area contributed by atoms with Crippen LogP contribution in [-0.4, -0.2) is 28.0 Å². The Morgan fingerprint density at radius 2 is 1.94 bits per heavy atom. The quantitative estimate of drug-likeness (QED) is 0.817. The molecule has 2 unspecified atom stereocenters. The lowest BCUT2D eigenvalue weighted by Crippen LogP contribution is -2.20. The molecule has 0 aliphatic carbocycles. The average molecular weight is 329 g/mol. The molecule has 0 bridgehead atoms. The van der Waals surface area contributed by atoms with Crippen molar-refractivity contribution in [3.8, 4) is 5.75 Å². The molecule has 102 valence electrons. The first kappa shape index (κ1) is 15.3. The fourth-order valence-corrected chi connectivity index (χ4v) is 1.86. The normalized spacial score (nSPS) is 15.2. The zero-order valence-corrected chi connectivity index (χ0v) is 10.8. The summed E-state index contributed by atoms with van der Waals surface area (Å²) in [7, 11) is 0. The number of rotatable bonds is 5. The van der Waals surface area contributed by atoms with E-state index in [1.165, 1.54) is 12.1 Å². The minimum atomic E-state index is -4.78. The highest BCUT2D eigenvalue weighted by Gasteiger charge is 2.31. The molecular formula is C11H12BrF3O3. The van der Waals surface area contributed by atoms with Crippen LogP contribution in [0.3, 0.4) is 0 Å². The average Bonchev–Trinajstić information content (AvgIpc) is 2.26. The molecule has 2 atom stereocenters. The molecule has 18 heavy (non-hydrogen) atoms. The third-order valence-electron chi connectivity index (χ3n) is 2.20. The molecule has 0 amide bonds. The molecule has 3 nitrogen and oxygen atoms in total. The van der Waals surface area contributed by atoms with Gasteiger partial charge in [0.15, 0.2) is 0 Å². The van der Waals surface area contributed by atoms with Crippen molar-refractivity contribution in [2.75, 3.05) is 5.33 Å². The van der Waals surface area contributed by atoms with E-state index < -0.39 is 24.3 Å². The molecule has 1 aromatic rings. The lowest BCUT2D eigenvalue weighted by atomic mass is 10.0. The van der Waals surface area contributed by atoms with Crippen molar-refractivity contribution in [3.63, 3.8) is 0 Å². The molecule has 0 radical (unpaired) electrons. The molecular weight excluding hydrogens is 317 g/mol. The summed E-state index contributed by atoms with van der Waals surface area (Å²) in [5, 5.41) is 19.8. The van der Waals surface area contributed by atoms with Gasteiger partial charge in [-0.15, -0.1) is 13.2 Å². The van der Waals surface area contributed by atoms with Crippen molar-refractivity contribution in [2.24, 2.45) is 0 Å². The van der Waals surface area contributed by atoms with Gasteiger partial charge in [-0.25, -0.2) is 0 Å². The van der Waals surface area contributed by atoms with Crippen LogP contribution >= 0.6 is 15.9 Å². The van der Waals surface area contributed by atoms with Gasteiger partial charge in [-0.3, -0.25) is 0 Å². The van der Waals surface area contributed by atoms with E-state index in [0.717, 1.165) is 12.1 Å². The van der Waals surface area contributed by atoms with Gasteiger partial charge in [-0.2, -0.15) is 0 Å². The summed E-state index contributed by atoms with van der Waals surface area (Å²) in [6.07, 6.45) is -6.80. The van der Waals surface area contributed by atoms with Crippen LogP contribution in [0.25, 0.3) is 0 Å². The highest BCUT2D eigenvalue weighted by molar-refractivity contribution is 9.09. The standard InChI is InChI=1S/C11H12BrF3O3/c12-5-4-9(16)10(17)7-2-1-3-8(6-7)18-11(13,14)15/h1-3,6,9-10,16-17H,4-5H2. The number of alkyl halides is 4. The van der Waals surface area contributed by atoms with Gasteiger partial charge < -0.3 is 14.9 Å². The zero-order chi connectivity index (χ0) is 13.8. The largest absolute Gasteiger partial charge is 0.573 e. The highest BCUT2D eigenvalue weighted by atomic mass is 79.9. The second-order valence-corrected chi connectivity index (χ2v) is 4.40. The smallest absolute Gasteiger partial charge is 0.406 e. The Bertz CT molecular complexity index is 384. The van der Waals surface area contributed by atoms with Crippen LogP contribution in [0.15, 0.2) is 24.3 Å². The zero-order valence-electron chi connectivity index (χ0n) is 9.19. The van der Waals surface area contributed by atoms with Gasteiger partial charge in [-0.1, -0.05) is 28.1 Å². The molecule has 2 N–H and O–H groups in total. The monoisotopic (exact) mass is 328 g/mol. The van der Waals surface area contributed by atoms with E-state index in [4.69, 9.17) is 0 Å². The fourth-order valence-electron chi connectivity index (χ4n) is 1.39. The van der Waals surface area contributed by atoms with Crippen LogP contribution in [0.5, 0.6) is 5.75 Å². The number of benzene rings is 1. The predicted octanol–water partition coefficient (Wildman–Crippen LogP) is 2.76. The molecule has 1 aromatic carbocycles. The lowest BCUT2D eigenvalue weighted by molar-refractivity contribution is -0.274. The second kappa shape index (κ2) is 6.40. The van der Waals surface area contributed by atoms with Crippen LogP contribution in [0.4, 0.5) is 13.2 Å². The molecule has 0 heterocycles. The van der Waals surface area contributed by atoms with Crippen molar-refractivity contribution in [1.82, 2.24) is 0 Å². The molecule has 7 heteroatoms. The molecule has 0 aromatic heterocycles. The van der Waals surface area contributed by atoms with E-state index in [1.807, 2.05) is 0 Å². The van der Waals surface area contributed by atoms with E-state index in [0.29, 0.717) is 5.33 Å². The molecule has 0 spiro atoms. The number of hydrogen-bond acceptors (Lipinski definition) is 3. The third kappa shape index (κ3) is 4.83. The lowest BCUT2D eigenvalue weighted by Gasteiger charge is -2.18. The first-order valence-electron chi connectivity index (χ1n) is 5.11. The minimum Gasteiger partial charge on any atom is -0.406 e. The maximum atomic E-state index is 12.0. The first-order valence-corrected chi connectivity index (χ1v) is 6.23. The van der Waals surface area contributed by atoms with Gasteiger partial charge in [0.05, 0.1) is 6.10 Å². The number of hydrogen-bond donors (Lipinski definition) is 2. The Labute approximate surface area is 110 Å². The number of aliphatic hydroxyl groups is 2. The van der Waals surface area contributed by atoms with E-state index in [1.54, 1.807) is 0 Å². The Morgan fingerprint density at radius 3 is 2.50 bits per heavy atom. The summed E-state index contributed by atoms with van der Waals surface area (Å²) in [6, 6.07) is 4.92. The van der Waals surface area contributed by atoms with Crippen molar-refractivity contribution < 1.29 is 28.1 Å². The Hall–Kier alpha value is -0.790. The van der Waals surface area contributed by atoms with E-state index >= 15 is 0 Å². The molecule has 0 fully saturated rings. The first-order chi connectivity index (χ1) is 8.33. The van der Waals surface area contributed by atoms with Gasteiger partial charge in [-0.05, 0) is 24.1 Å². The predicted molar refractivity (Wildman–Crippen MR) is 62.5 cm³/mol. The van der Waals surface area contributed by atoms with Crippen LogP contribution < -0.4 is 4.74 Å². The molecule has 1 rings (SSSR count). The topological polar surface area (TPSA) is 49.7 Å². The van der Waals surface area contributed by atoms with Gasteiger partial charge in [0.25, 0.3) is 0 Å². The minimum absolute atomic E-state index is 0.171. The summed E-state index contributed by atoms with van der Waals surface area (Å²) in [5.74, 6) is -0.426. The van der Waals surface area contributed by atoms with Crippen molar-refractivity contribution in [3.05, 3.63) is 29.8 Å². The summed E-state index contributed by atoms with van der Waals surface area (Å²) in [4.78, 5) is 0. The maximum Gasteiger partial charge on any atom is 0.573 e. The van der Waals surface area contributed by atoms with Crippen molar-refractivity contribution in [2.45, 2.75) is 25.0 Å². The van der Waals surface area contributed by atoms with Crippen LogP contribution in [0.2, 0.25) is 0 Å². The number of halogens is 4. The summed E-state index contributed by atoms with van der Waals surface area (Å²) < 4.78 is 39.8. The maximum absolute atomic E-state index is 12.0. The van der Waals surface area contributed by atoms with Gasteiger partial charge in [0, 0.05) is 5.33 Å². The molecule has 0 aliphatic rings. The summed E-state index contributed by atoms with van der Waals surface area (Å²) in [6.45, 7) is 0. The Morgan fingerprint density at radius 1 is 1.28 bits per heavy atom. The van der Waals surface area contributed by atoms with Crippen LogP contribution in [-0.2, 0) is 0 Å². The van der Waals surface area contributed by atoms with E-state index in [9.17, 15) is 23.4 Å². The second-order valence-electron chi connectivity index (χ2n) is 3.61. The van der Waals surface area contributed by atoms with Crippen molar-refractivity contribution >= 4 is 15.9 Å². The van der Waals surface area contributed by atoms with Gasteiger partial charge in [0.2, 0.25) is 0 Å². The molecule has 0 saturated carbocycles. The van der Waals surface area contributed by atoms with Crippen molar-refractivity contribution in [1.29, 1.82) is 0 Å². The Balaban J connectivity index is 2.81. The number of ether oxygens (including phenoxy) is 1. The highest BCUT2D eigenvalue weighted by Crippen LogP contribution is 2.27. The Kier molecular flexibility index (Phi) is 5.43. The summed E-state index contributed by atoms with van der Waals surface area (Å²) >= 11 is 3.10. The van der Waals surface area contributed by atoms with E-state index in [2.05, 4.69) is 20.7 Å². The van der Waals surface area contributed by atoms with Crippen LogP contribution in [0, 0.1) is 0 Å². The molecule has 0 aliphatic heterocycles. The third-order valence-corrected chi connectivity index (χ3v) is 2.66. The fraction of sp³-hybridized carbons (Fsp3) is 0.455. The van der Waals surface area contributed by atoms with Gasteiger partial charge >= 0.3 is 6.36 Å².